The summed E-state index contributed by atoms with van der Waals surface area (Å²) in [6.45, 7) is 4.35. The molecule has 0 N–H and O–H groups in total. The lowest BCUT2D eigenvalue weighted by Gasteiger charge is -2.00. The van der Waals surface area contributed by atoms with Crippen molar-refractivity contribution in [3.63, 3.8) is 0 Å². The second-order valence-corrected chi connectivity index (χ2v) is 8.52. The molecule has 0 aliphatic carbocycles. The average Bonchev–Trinajstić information content (AvgIpc) is 3.02. The second-order valence-electron chi connectivity index (χ2n) is 6.49. The lowest BCUT2D eigenvalue weighted by Crippen LogP contribution is -2.14. The first-order valence-electron chi connectivity index (χ1n) is 9.00. The van der Waals surface area contributed by atoms with E-state index in [-0.39, 0.29) is 10.2 Å². The van der Waals surface area contributed by atoms with Crippen molar-refractivity contribution in [2.45, 2.75) is 75.0 Å². The molecule has 0 fully saturated rings. The molecule has 1 aromatic rings. The minimum Gasteiger partial charge on any atom is -0.282 e. The third-order valence-corrected chi connectivity index (χ3v) is 6.67. The summed E-state index contributed by atoms with van der Waals surface area (Å²) in [6.07, 6.45) is 8.48. The van der Waals surface area contributed by atoms with E-state index in [0.717, 1.165) is 82.7 Å². The fourth-order valence-electron chi connectivity index (χ4n) is 3.32. The van der Waals surface area contributed by atoms with Crippen LogP contribution in [0.3, 0.4) is 0 Å². The van der Waals surface area contributed by atoms with Crippen LogP contribution in [0.1, 0.15) is 65.2 Å². The monoisotopic (exact) mass is 360 g/mol. The van der Waals surface area contributed by atoms with Crippen LogP contribution >= 0.6 is 23.5 Å². The molecule has 0 atom stereocenters. The van der Waals surface area contributed by atoms with Crippen LogP contribution in [0.2, 0.25) is 0 Å². The van der Waals surface area contributed by atoms with Gasteiger partial charge in [0, 0.05) is 20.9 Å². The molecule has 1 aromatic carbocycles. The number of unbranched alkanes of at least 4 members (excludes halogenated alkanes) is 4. The van der Waals surface area contributed by atoms with E-state index in [2.05, 4.69) is 26.0 Å². The van der Waals surface area contributed by atoms with Crippen molar-refractivity contribution >= 4 is 44.9 Å². The topological polar surface area (TPSA) is 34.1 Å². The molecule has 0 saturated carbocycles. The lowest BCUT2D eigenvalue weighted by molar-refractivity contribution is -0.107. The fraction of sp³-hybridized carbons (Fsp3) is 0.500. The van der Waals surface area contributed by atoms with E-state index < -0.39 is 0 Å². The number of carbonyl (C=O) groups excluding carboxylic acids is 2. The van der Waals surface area contributed by atoms with E-state index in [4.69, 9.17) is 0 Å². The molecule has 2 nitrogen and oxygen atoms in total. The Morgan fingerprint density at radius 1 is 0.708 bits per heavy atom. The minimum atomic E-state index is 0.202. The van der Waals surface area contributed by atoms with Gasteiger partial charge in [-0.3, -0.25) is 9.59 Å². The highest BCUT2D eigenvalue weighted by Crippen LogP contribution is 2.33. The number of fused-ring (bicyclic) bond motifs is 2. The van der Waals surface area contributed by atoms with Gasteiger partial charge in [-0.1, -0.05) is 39.5 Å². The van der Waals surface area contributed by atoms with Gasteiger partial charge in [-0.2, -0.15) is 0 Å². The molecular formula is C20H24O2S2. The van der Waals surface area contributed by atoms with Crippen LogP contribution in [0.25, 0.3) is 11.1 Å². The molecule has 2 heterocycles. The third-order valence-electron chi connectivity index (χ3n) is 4.69. The molecule has 2 aliphatic heterocycles. The summed E-state index contributed by atoms with van der Waals surface area (Å²) < 4.78 is 0. The first-order chi connectivity index (χ1) is 11.7. The molecule has 4 heteroatoms. The molecule has 3 rings (SSSR count). The Bertz CT molecular complexity index is 725. The van der Waals surface area contributed by atoms with Gasteiger partial charge in [-0.25, -0.2) is 0 Å². The van der Waals surface area contributed by atoms with Crippen LogP contribution in [-0.4, -0.2) is 10.2 Å². The fourth-order valence-corrected chi connectivity index (χ4v) is 5.33. The highest BCUT2D eigenvalue weighted by atomic mass is 32.2. The van der Waals surface area contributed by atoms with Crippen LogP contribution in [0.4, 0.5) is 0 Å². The van der Waals surface area contributed by atoms with Gasteiger partial charge >= 0.3 is 0 Å². The summed E-state index contributed by atoms with van der Waals surface area (Å²) in [5, 5.41) is 2.56. The zero-order chi connectivity index (χ0) is 17.1. The number of hydrogen-bond donors (Lipinski definition) is 0. The number of benzene rings is 1. The zero-order valence-corrected chi connectivity index (χ0v) is 16.1. The molecule has 0 spiro atoms. The van der Waals surface area contributed by atoms with Crippen molar-refractivity contribution in [1.29, 1.82) is 0 Å². The standard InChI is InChI=1S/C20H24O2S2/c1-3-5-7-9-13-15-11-18-16(12-17(15)23-19(13)21)14(20(22)24-18)10-8-6-4-2/h11-12H,3-10H2,1-2H3. The van der Waals surface area contributed by atoms with Gasteiger partial charge in [0.1, 0.15) is 0 Å². The maximum absolute atomic E-state index is 12.4. The Kier molecular flexibility index (Phi) is 5.88. The number of hydrogen-bond acceptors (Lipinski definition) is 4. The Hall–Kier alpha value is -1.000. The molecule has 128 valence electrons. The minimum absolute atomic E-state index is 0.202. The largest absolute Gasteiger partial charge is 0.282 e. The van der Waals surface area contributed by atoms with Crippen LogP contribution in [0.15, 0.2) is 21.9 Å². The van der Waals surface area contributed by atoms with Crippen LogP contribution in [0.5, 0.6) is 0 Å². The lowest BCUT2D eigenvalue weighted by atomic mass is 10.0. The number of thioether (sulfide) groups is 2. The highest BCUT2D eigenvalue weighted by molar-refractivity contribution is 8.15. The van der Waals surface area contributed by atoms with Gasteiger partial charge in [0.05, 0.1) is 0 Å². The Labute approximate surface area is 152 Å². The Morgan fingerprint density at radius 2 is 1.12 bits per heavy atom. The van der Waals surface area contributed by atoms with Crippen LogP contribution in [-0.2, 0) is 9.59 Å². The SMILES string of the molecule is CCCCCC1=c2cc3c(cc2SC1=O)=C(CCCCC)C(=O)S3. The molecule has 0 saturated heterocycles. The van der Waals surface area contributed by atoms with Gasteiger partial charge < -0.3 is 0 Å². The van der Waals surface area contributed by atoms with Gasteiger partial charge in [-0.15, -0.1) is 0 Å². The van der Waals surface area contributed by atoms with Gasteiger partial charge in [-0.05, 0) is 71.8 Å². The highest BCUT2D eigenvalue weighted by Gasteiger charge is 2.27. The molecule has 0 radical (unpaired) electrons. The number of rotatable bonds is 8. The van der Waals surface area contributed by atoms with Crippen LogP contribution in [0, 0.1) is 0 Å². The van der Waals surface area contributed by atoms with E-state index >= 15 is 0 Å². The van der Waals surface area contributed by atoms with Crippen molar-refractivity contribution in [2.75, 3.05) is 0 Å². The Balaban J connectivity index is 1.98. The summed E-state index contributed by atoms with van der Waals surface area (Å²) in [5.41, 5.74) is 1.91. The van der Waals surface area contributed by atoms with Crippen LogP contribution < -0.4 is 10.4 Å². The van der Waals surface area contributed by atoms with Gasteiger partial charge in [0.15, 0.2) is 0 Å². The predicted octanol–water partition coefficient (Wildman–Crippen LogP) is 4.41. The molecule has 0 bridgehead atoms. The normalized spacial score (nSPS) is 16.1. The third kappa shape index (κ3) is 3.50. The van der Waals surface area contributed by atoms with Gasteiger partial charge in [0.2, 0.25) is 10.2 Å². The summed E-state index contributed by atoms with van der Waals surface area (Å²) in [4.78, 5) is 26.8. The summed E-state index contributed by atoms with van der Waals surface area (Å²) in [7, 11) is 0. The van der Waals surface area contributed by atoms with E-state index in [1.165, 1.54) is 23.5 Å². The van der Waals surface area contributed by atoms with E-state index in [9.17, 15) is 9.59 Å². The van der Waals surface area contributed by atoms with E-state index in [0.29, 0.717) is 0 Å². The van der Waals surface area contributed by atoms with E-state index in [1.54, 1.807) is 0 Å². The van der Waals surface area contributed by atoms with Gasteiger partial charge in [0.25, 0.3) is 0 Å². The molecule has 2 aliphatic rings. The zero-order valence-electron chi connectivity index (χ0n) is 14.4. The molecule has 0 amide bonds. The quantitative estimate of drug-likeness (QED) is 0.643. The van der Waals surface area contributed by atoms with Crippen molar-refractivity contribution < 1.29 is 9.59 Å². The van der Waals surface area contributed by atoms with Crippen molar-refractivity contribution in [2.24, 2.45) is 0 Å². The first-order valence-corrected chi connectivity index (χ1v) is 10.6. The number of carbonyl (C=O) groups is 2. The molecule has 0 aromatic heterocycles. The van der Waals surface area contributed by atoms with Crippen molar-refractivity contribution in [1.82, 2.24) is 0 Å². The average molecular weight is 361 g/mol. The van der Waals surface area contributed by atoms with Crippen molar-refractivity contribution in [3.05, 3.63) is 22.6 Å². The van der Waals surface area contributed by atoms with E-state index in [1.807, 2.05) is 0 Å². The summed E-state index contributed by atoms with van der Waals surface area (Å²) in [5.74, 6) is 0. The predicted molar refractivity (Wildman–Crippen MR) is 103 cm³/mol. The first kappa shape index (κ1) is 17.8. The maximum Gasteiger partial charge on any atom is 0.220 e. The molecular weight excluding hydrogens is 336 g/mol. The van der Waals surface area contributed by atoms with Crippen molar-refractivity contribution in [3.8, 4) is 0 Å². The Morgan fingerprint density at radius 3 is 1.50 bits per heavy atom. The molecule has 24 heavy (non-hydrogen) atoms. The summed E-state index contributed by atoms with van der Waals surface area (Å²) >= 11 is 2.69. The maximum atomic E-state index is 12.4. The second kappa shape index (κ2) is 7.92. The smallest absolute Gasteiger partial charge is 0.220 e. The molecule has 0 unspecified atom stereocenters. The summed E-state index contributed by atoms with van der Waals surface area (Å²) in [6, 6.07) is 4.19.